The largest absolute Gasteiger partial charge is 0.369 e. The SMILES string of the molecule is CC(C)Cc1cc(N2CCS(=O)(=O)CC2)c(I)cc1[N+](=O)[O-]. The van der Waals surface area contributed by atoms with Crippen molar-refractivity contribution in [3.63, 3.8) is 0 Å². The smallest absolute Gasteiger partial charge is 0.273 e. The third-order valence-corrected chi connectivity index (χ3v) is 6.13. The molecular weight excluding hydrogens is 419 g/mol. The van der Waals surface area contributed by atoms with Gasteiger partial charge in [-0.15, -0.1) is 0 Å². The number of halogens is 1. The molecule has 1 fully saturated rings. The molecular formula is C14H19IN2O4S. The van der Waals surface area contributed by atoms with Crippen LogP contribution in [0.2, 0.25) is 0 Å². The molecule has 0 aliphatic carbocycles. The molecule has 1 aromatic carbocycles. The molecule has 0 bridgehead atoms. The van der Waals surface area contributed by atoms with E-state index in [2.05, 4.69) is 22.6 Å². The van der Waals surface area contributed by atoms with Crippen molar-refractivity contribution >= 4 is 43.8 Å². The van der Waals surface area contributed by atoms with Crippen molar-refractivity contribution in [2.24, 2.45) is 5.92 Å². The highest BCUT2D eigenvalue weighted by Gasteiger charge is 2.25. The Morgan fingerprint density at radius 2 is 1.91 bits per heavy atom. The molecule has 1 aliphatic heterocycles. The number of nitro groups is 1. The van der Waals surface area contributed by atoms with Gasteiger partial charge in [-0.05, 0) is 41.0 Å². The highest BCUT2D eigenvalue weighted by atomic mass is 127. The second-order valence-corrected chi connectivity index (χ2v) is 9.39. The van der Waals surface area contributed by atoms with Gasteiger partial charge in [0.15, 0.2) is 9.84 Å². The molecule has 8 heteroatoms. The lowest BCUT2D eigenvalue weighted by Gasteiger charge is -2.30. The predicted octanol–water partition coefficient (Wildman–Crippen LogP) is 2.63. The monoisotopic (exact) mass is 438 g/mol. The minimum Gasteiger partial charge on any atom is -0.369 e. The molecule has 2 rings (SSSR count). The van der Waals surface area contributed by atoms with Gasteiger partial charge in [-0.3, -0.25) is 10.1 Å². The van der Waals surface area contributed by atoms with E-state index in [1.165, 1.54) is 0 Å². The minimum absolute atomic E-state index is 0.138. The Kier molecular flexibility index (Phi) is 5.31. The molecule has 22 heavy (non-hydrogen) atoms. The van der Waals surface area contributed by atoms with E-state index in [1.54, 1.807) is 6.07 Å². The topological polar surface area (TPSA) is 80.5 Å². The van der Waals surface area contributed by atoms with Gasteiger partial charge in [0, 0.05) is 28.3 Å². The second kappa shape index (κ2) is 6.69. The van der Waals surface area contributed by atoms with Crippen molar-refractivity contribution in [2.75, 3.05) is 29.5 Å². The molecule has 1 saturated heterocycles. The fraction of sp³-hybridized carbons (Fsp3) is 0.571. The van der Waals surface area contributed by atoms with Gasteiger partial charge in [0.1, 0.15) is 0 Å². The van der Waals surface area contributed by atoms with Crippen LogP contribution < -0.4 is 4.90 Å². The molecule has 0 saturated carbocycles. The Balaban J connectivity index is 2.38. The highest BCUT2D eigenvalue weighted by molar-refractivity contribution is 14.1. The summed E-state index contributed by atoms with van der Waals surface area (Å²) in [4.78, 5) is 12.9. The Morgan fingerprint density at radius 3 is 2.41 bits per heavy atom. The van der Waals surface area contributed by atoms with Gasteiger partial charge in [-0.1, -0.05) is 13.8 Å². The van der Waals surface area contributed by atoms with Crippen molar-refractivity contribution < 1.29 is 13.3 Å². The molecule has 0 spiro atoms. The standard InChI is InChI=1S/C14H19IN2O4S/c1-10(2)7-11-8-14(12(15)9-13(11)17(18)19)16-3-5-22(20,21)6-4-16/h8-10H,3-7H2,1-2H3. The lowest BCUT2D eigenvalue weighted by atomic mass is 10.0. The van der Waals surface area contributed by atoms with Crippen molar-refractivity contribution in [1.82, 2.24) is 0 Å². The summed E-state index contributed by atoms with van der Waals surface area (Å²) in [6.45, 7) is 4.93. The van der Waals surface area contributed by atoms with Crippen LogP contribution in [-0.2, 0) is 16.3 Å². The first-order valence-corrected chi connectivity index (χ1v) is 10.0. The molecule has 0 N–H and O–H groups in total. The number of sulfone groups is 1. The van der Waals surface area contributed by atoms with E-state index in [0.29, 0.717) is 31.0 Å². The molecule has 0 unspecified atom stereocenters. The Morgan fingerprint density at radius 1 is 1.32 bits per heavy atom. The Bertz CT molecular complexity index is 674. The predicted molar refractivity (Wildman–Crippen MR) is 95.2 cm³/mol. The lowest BCUT2D eigenvalue weighted by molar-refractivity contribution is -0.385. The van der Waals surface area contributed by atoms with E-state index in [0.717, 1.165) is 9.26 Å². The zero-order valence-electron chi connectivity index (χ0n) is 12.6. The second-order valence-electron chi connectivity index (χ2n) is 5.93. The maximum Gasteiger partial charge on any atom is 0.273 e. The van der Waals surface area contributed by atoms with Crippen molar-refractivity contribution in [3.8, 4) is 0 Å². The molecule has 0 atom stereocenters. The summed E-state index contributed by atoms with van der Waals surface area (Å²) in [6, 6.07) is 3.45. The van der Waals surface area contributed by atoms with Gasteiger partial charge in [0.25, 0.3) is 5.69 Å². The summed E-state index contributed by atoms with van der Waals surface area (Å²) >= 11 is 2.09. The normalized spacial score (nSPS) is 17.7. The summed E-state index contributed by atoms with van der Waals surface area (Å²) in [5.41, 5.74) is 1.76. The minimum atomic E-state index is -2.94. The van der Waals surface area contributed by atoms with Gasteiger partial charge in [-0.2, -0.15) is 0 Å². The molecule has 6 nitrogen and oxygen atoms in total. The highest BCUT2D eigenvalue weighted by Crippen LogP contribution is 2.32. The summed E-state index contributed by atoms with van der Waals surface area (Å²) in [7, 11) is -2.94. The molecule has 1 heterocycles. The van der Waals surface area contributed by atoms with Crippen molar-refractivity contribution in [2.45, 2.75) is 20.3 Å². The van der Waals surface area contributed by atoms with Crippen molar-refractivity contribution in [1.29, 1.82) is 0 Å². The number of hydrogen-bond acceptors (Lipinski definition) is 5. The van der Waals surface area contributed by atoms with Gasteiger partial charge in [0.2, 0.25) is 0 Å². The number of anilines is 1. The molecule has 1 aromatic rings. The molecule has 0 amide bonds. The van der Waals surface area contributed by atoms with Gasteiger partial charge < -0.3 is 4.90 Å². The summed E-state index contributed by atoms with van der Waals surface area (Å²) in [5.74, 6) is 0.590. The molecule has 0 aromatic heterocycles. The summed E-state index contributed by atoms with van der Waals surface area (Å²) < 4.78 is 23.9. The van der Waals surface area contributed by atoms with Crippen LogP contribution >= 0.6 is 22.6 Å². The lowest BCUT2D eigenvalue weighted by Crippen LogP contribution is -2.40. The number of benzene rings is 1. The van der Waals surface area contributed by atoms with Crippen LogP contribution in [0.5, 0.6) is 0 Å². The van der Waals surface area contributed by atoms with E-state index in [4.69, 9.17) is 0 Å². The first-order valence-electron chi connectivity index (χ1n) is 7.12. The number of nitro benzene ring substituents is 1. The average Bonchev–Trinajstić information content (AvgIpc) is 2.40. The zero-order chi connectivity index (χ0) is 16.5. The Labute approximate surface area is 144 Å². The average molecular weight is 438 g/mol. The van der Waals surface area contributed by atoms with Gasteiger partial charge >= 0.3 is 0 Å². The van der Waals surface area contributed by atoms with Crippen LogP contribution in [0.3, 0.4) is 0 Å². The summed E-state index contributed by atoms with van der Waals surface area (Å²) in [6.07, 6.45) is 0.631. The number of nitrogens with zero attached hydrogens (tertiary/aromatic N) is 2. The van der Waals surface area contributed by atoms with E-state index in [-0.39, 0.29) is 22.1 Å². The van der Waals surface area contributed by atoms with Crippen LogP contribution in [0.25, 0.3) is 0 Å². The quantitative estimate of drug-likeness (QED) is 0.410. The zero-order valence-corrected chi connectivity index (χ0v) is 15.6. The number of rotatable bonds is 4. The fourth-order valence-electron chi connectivity index (χ4n) is 2.56. The maximum absolute atomic E-state index is 11.6. The van der Waals surface area contributed by atoms with Crippen LogP contribution in [0, 0.1) is 19.6 Å². The fourth-order valence-corrected chi connectivity index (χ4v) is 4.56. The van der Waals surface area contributed by atoms with E-state index in [1.807, 2.05) is 24.8 Å². The number of hydrogen-bond donors (Lipinski definition) is 0. The van der Waals surface area contributed by atoms with Crippen LogP contribution in [0.15, 0.2) is 12.1 Å². The third kappa shape index (κ3) is 4.09. The Hall–Kier alpha value is -0.900. The molecule has 0 radical (unpaired) electrons. The third-order valence-electron chi connectivity index (χ3n) is 3.66. The van der Waals surface area contributed by atoms with Crippen LogP contribution in [-0.4, -0.2) is 37.9 Å². The first-order chi connectivity index (χ1) is 10.2. The van der Waals surface area contributed by atoms with E-state index in [9.17, 15) is 18.5 Å². The van der Waals surface area contributed by atoms with E-state index < -0.39 is 9.84 Å². The van der Waals surface area contributed by atoms with E-state index >= 15 is 0 Å². The van der Waals surface area contributed by atoms with Crippen LogP contribution in [0.4, 0.5) is 11.4 Å². The summed E-state index contributed by atoms with van der Waals surface area (Å²) in [5, 5.41) is 11.2. The van der Waals surface area contributed by atoms with Gasteiger partial charge in [-0.25, -0.2) is 8.42 Å². The maximum atomic E-state index is 11.6. The molecule has 1 aliphatic rings. The first kappa shape index (κ1) is 17.5. The van der Waals surface area contributed by atoms with Gasteiger partial charge in [0.05, 0.1) is 22.1 Å². The molecule has 122 valence electrons. The van der Waals surface area contributed by atoms with Crippen LogP contribution in [0.1, 0.15) is 19.4 Å². The van der Waals surface area contributed by atoms with Crippen molar-refractivity contribution in [3.05, 3.63) is 31.4 Å².